The number of hydrogen-bond acceptors (Lipinski definition) is 2. The second-order valence-electron chi connectivity index (χ2n) is 1.01. The maximum absolute atomic E-state index is 9.55. The summed E-state index contributed by atoms with van der Waals surface area (Å²) in [6.07, 6.45) is 1.12. The molecular formula is C4H12CaO7. The van der Waals surface area contributed by atoms with Gasteiger partial charge in [-0.25, -0.2) is 9.59 Å². The molecule has 0 atom stereocenters. The number of rotatable bonds is 2. The Morgan fingerprint density at radius 3 is 1.17 bits per heavy atom. The molecule has 0 aromatic heterocycles. The first-order valence-corrected chi connectivity index (χ1v) is 1.77. The maximum Gasteiger partial charge on any atom is 2.00 e. The zero-order valence-electron chi connectivity index (χ0n) is 8.07. The van der Waals surface area contributed by atoms with Crippen LogP contribution in [0.4, 0.5) is 0 Å². The third-order valence-corrected chi connectivity index (χ3v) is 0.368. The molecule has 0 radical (unpaired) electrons. The molecule has 0 fully saturated rings. The Balaban J connectivity index is -0.0000000163. The van der Waals surface area contributed by atoms with Crippen molar-refractivity contribution in [2.24, 2.45) is 0 Å². The second kappa shape index (κ2) is 17.1. The van der Waals surface area contributed by atoms with E-state index in [1.807, 2.05) is 0 Å². The van der Waals surface area contributed by atoms with E-state index in [1.165, 1.54) is 0 Å². The van der Waals surface area contributed by atoms with Gasteiger partial charge in [0.25, 0.3) is 0 Å². The van der Waals surface area contributed by atoms with Crippen molar-refractivity contribution in [3.63, 3.8) is 0 Å². The van der Waals surface area contributed by atoms with E-state index in [0.29, 0.717) is 12.2 Å². The minimum atomic E-state index is -1.26. The first-order chi connectivity index (χ1) is 3.63. The molecule has 0 amide bonds. The van der Waals surface area contributed by atoms with Crippen LogP contribution in [0.15, 0.2) is 12.2 Å². The Morgan fingerprint density at radius 2 is 1.08 bits per heavy atom. The summed E-state index contributed by atoms with van der Waals surface area (Å²) < 4.78 is 0. The Hall–Kier alpha value is -0.180. The van der Waals surface area contributed by atoms with Crippen LogP contribution >= 0.6 is 0 Å². The standard InChI is InChI=1S/C4H4O4.Ca.3H2O.2H/c5-3(6)1-2-4(7)8;;;;;;/h1-2H,(H,5,6)(H,7,8);;3*1H2;;/q;+2;;;;2*-1/b2-1+;;;;;;. The molecule has 0 rings (SSSR count). The predicted octanol–water partition coefficient (Wildman–Crippen LogP) is -2.92. The fourth-order valence-corrected chi connectivity index (χ4v) is 0.143. The first-order valence-electron chi connectivity index (χ1n) is 1.77. The summed E-state index contributed by atoms with van der Waals surface area (Å²) >= 11 is 0. The molecule has 8 N–H and O–H groups in total. The van der Waals surface area contributed by atoms with Gasteiger partial charge in [0.15, 0.2) is 0 Å². The molecule has 0 aliphatic rings. The summed E-state index contributed by atoms with van der Waals surface area (Å²) in [6, 6.07) is 0. The van der Waals surface area contributed by atoms with Crippen LogP contribution in [0.5, 0.6) is 0 Å². The number of carboxylic acids is 2. The van der Waals surface area contributed by atoms with E-state index in [2.05, 4.69) is 0 Å². The van der Waals surface area contributed by atoms with Crippen LogP contribution in [0, 0.1) is 0 Å². The molecule has 0 aliphatic carbocycles. The average Bonchev–Trinajstić information content (AvgIpc) is 1.61. The van der Waals surface area contributed by atoms with Crippen molar-refractivity contribution in [2.45, 2.75) is 0 Å². The van der Waals surface area contributed by atoms with Gasteiger partial charge >= 0.3 is 49.7 Å². The molecule has 12 heavy (non-hydrogen) atoms. The topological polar surface area (TPSA) is 169 Å². The molecule has 0 aromatic carbocycles. The quantitative estimate of drug-likeness (QED) is 0.369. The summed E-state index contributed by atoms with van der Waals surface area (Å²) in [5.41, 5.74) is 0. The van der Waals surface area contributed by atoms with Crippen molar-refractivity contribution in [1.29, 1.82) is 0 Å². The number of aliphatic carboxylic acids is 2. The minimum absolute atomic E-state index is 0. The van der Waals surface area contributed by atoms with Crippen molar-refractivity contribution in [3.8, 4) is 0 Å². The molecular weight excluding hydrogens is 200 g/mol. The fraction of sp³-hybridized carbons (Fsp3) is 0. The first kappa shape index (κ1) is 29.8. The van der Waals surface area contributed by atoms with E-state index in [1.54, 1.807) is 0 Å². The largest absolute Gasteiger partial charge is 2.00 e. The molecule has 0 aliphatic heterocycles. The molecule has 0 spiro atoms. The van der Waals surface area contributed by atoms with Gasteiger partial charge in [0.2, 0.25) is 0 Å². The van der Waals surface area contributed by atoms with Crippen LogP contribution in [-0.4, -0.2) is 76.3 Å². The maximum atomic E-state index is 9.55. The Bertz CT molecular complexity index is 135. The zero-order chi connectivity index (χ0) is 6.57. The molecule has 7 nitrogen and oxygen atoms in total. The molecule has 0 saturated carbocycles. The van der Waals surface area contributed by atoms with Crippen molar-refractivity contribution >= 4 is 49.7 Å². The van der Waals surface area contributed by atoms with Gasteiger partial charge in [-0.15, -0.1) is 0 Å². The molecule has 72 valence electrons. The van der Waals surface area contributed by atoms with Gasteiger partial charge in [0.05, 0.1) is 0 Å². The Morgan fingerprint density at radius 1 is 0.917 bits per heavy atom. The summed E-state index contributed by atoms with van der Waals surface area (Å²) in [4.78, 5) is 19.1. The summed E-state index contributed by atoms with van der Waals surface area (Å²) in [7, 11) is 0. The minimum Gasteiger partial charge on any atom is -1.00 e. The van der Waals surface area contributed by atoms with Crippen LogP contribution in [0.1, 0.15) is 2.85 Å². The van der Waals surface area contributed by atoms with Gasteiger partial charge in [0, 0.05) is 12.2 Å². The van der Waals surface area contributed by atoms with Crippen molar-refractivity contribution < 1.29 is 39.1 Å². The third kappa shape index (κ3) is 32.9. The van der Waals surface area contributed by atoms with Gasteiger partial charge < -0.3 is 29.5 Å². The predicted molar refractivity (Wildman–Crippen MR) is 43.2 cm³/mol. The van der Waals surface area contributed by atoms with E-state index in [9.17, 15) is 9.59 Å². The van der Waals surface area contributed by atoms with E-state index in [0.717, 1.165) is 0 Å². The van der Waals surface area contributed by atoms with Crippen LogP contribution in [0.25, 0.3) is 0 Å². The smallest absolute Gasteiger partial charge is 1.00 e. The molecule has 0 saturated heterocycles. The second-order valence-corrected chi connectivity index (χ2v) is 1.01. The van der Waals surface area contributed by atoms with Gasteiger partial charge in [-0.3, -0.25) is 0 Å². The van der Waals surface area contributed by atoms with Gasteiger partial charge in [-0.1, -0.05) is 0 Å². The number of carbonyl (C=O) groups is 2. The van der Waals surface area contributed by atoms with E-state index < -0.39 is 11.9 Å². The van der Waals surface area contributed by atoms with Gasteiger partial charge in [-0.05, 0) is 0 Å². The van der Waals surface area contributed by atoms with Crippen LogP contribution < -0.4 is 0 Å². The van der Waals surface area contributed by atoms with E-state index in [4.69, 9.17) is 10.2 Å². The van der Waals surface area contributed by atoms with Gasteiger partial charge in [0.1, 0.15) is 0 Å². The average molecular weight is 212 g/mol. The Kier molecular flexibility index (Phi) is 42.3. The summed E-state index contributed by atoms with van der Waals surface area (Å²) in [5.74, 6) is -2.51. The van der Waals surface area contributed by atoms with E-state index >= 15 is 0 Å². The molecule has 0 unspecified atom stereocenters. The van der Waals surface area contributed by atoms with Crippen LogP contribution in [-0.2, 0) is 9.59 Å². The number of hydrogen-bond donors (Lipinski definition) is 2. The van der Waals surface area contributed by atoms with Gasteiger partial charge in [-0.2, -0.15) is 0 Å². The monoisotopic (exact) mass is 212 g/mol. The van der Waals surface area contributed by atoms with Crippen molar-refractivity contribution in [1.82, 2.24) is 0 Å². The van der Waals surface area contributed by atoms with Crippen molar-refractivity contribution in [3.05, 3.63) is 12.2 Å². The normalized spacial score (nSPS) is 6.33. The fourth-order valence-electron chi connectivity index (χ4n) is 0.143. The molecule has 0 heterocycles. The Labute approximate surface area is 101 Å². The number of carboxylic acid groups (broad SMARTS) is 2. The van der Waals surface area contributed by atoms with Crippen LogP contribution in [0.2, 0.25) is 0 Å². The SMILES string of the molecule is O.O.O.O=C(O)/C=C/C(=O)O.[Ca+2].[H-].[H-]. The van der Waals surface area contributed by atoms with Crippen molar-refractivity contribution in [2.75, 3.05) is 0 Å². The van der Waals surface area contributed by atoms with E-state index in [-0.39, 0.29) is 57.0 Å². The van der Waals surface area contributed by atoms with Crippen LogP contribution in [0.3, 0.4) is 0 Å². The zero-order valence-corrected chi connectivity index (χ0v) is 8.28. The third-order valence-electron chi connectivity index (χ3n) is 0.368. The summed E-state index contributed by atoms with van der Waals surface area (Å²) in [6.45, 7) is 0. The molecule has 0 bridgehead atoms. The molecule has 8 heteroatoms. The molecule has 0 aromatic rings. The summed E-state index contributed by atoms with van der Waals surface area (Å²) in [5, 5.41) is 15.6.